The lowest BCUT2D eigenvalue weighted by molar-refractivity contribution is -0.524. The van der Waals surface area contributed by atoms with Gasteiger partial charge >= 0.3 is 0 Å². The number of ether oxygens (including phenoxy) is 1. The van der Waals surface area contributed by atoms with Gasteiger partial charge in [-0.25, -0.2) is 0 Å². The van der Waals surface area contributed by atoms with Crippen molar-refractivity contribution in [2.75, 3.05) is 12.0 Å². The summed E-state index contributed by atoms with van der Waals surface area (Å²) in [4.78, 5) is 38.7. The van der Waals surface area contributed by atoms with E-state index >= 15 is 0 Å². The summed E-state index contributed by atoms with van der Waals surface area (Å²) in [5, 5.41) is 23.8. The molecule has 3 aromatic rings. The monoisotopic (exact) mass is 471 g/mol. The lowest BCUT2D eigenvalue weighted by Crippen LogP contribution is -2.44. The maximum atomic E-state index is 14.0. The number of Topliss-reactive ketones (excluding diaryl/α,β-unsaturated/α-hetero) is 1. The van der Waals surface area contributed by atoms with Gasteiger partial charge in [-0.15, -0.1) is 0 Å². The van der Waals surface area contributed by atoms with Crippen LogP contribution in [0.25, 0.3) is 6.08 Å². The van der Waals surface area contributed by atoms with Gasteiger partial charge < -0.3 is 9.64 Å². The molecule has 0 unspecified atom stereocenters. The number of para-hydroxylation sites is 1. The third-order valence-electron chi connectivity index (χ3n) is 6.72. The molecular formula is C26H21N3O6. The van der Waals surface area contributed by atoms with Gasteiger partial charge in [0.2, 0.25) is 6.04 Å². The van der Waals surface area contributed by atoms with Crippen molar-refractivity contribution in [1.29, 1.82) is 0 Å². The van der Waals surface area contributed by atoms with Crippen molar-refractivity contribution in [1.82, 2.24) is 0 Å². The zero-order valence-electron chi connectivity index (χ0n) is 18.7. The van der Waals surface area contributed by atoms with Crippen molar-refractivity contribution in [3.05, 3.63) is 116 Å². The van der Waals surface area contributed by atoms with Crippen LogP contribution in [0.3, 0.4) is 0 Å². The summed E-state index contributed by atoms with van der Waals surface area (Å²) in [6, 6.07) is 17.1. The van der Waals surface area contributed by atoms with Crippen LogP contribution >= 0.6 is 0 Å². The Morgan fingerprint density at radius 2 is 1.71 bits per heavy atom. The molecule has 2 aliphatic rings. The van der Waals surface area contributed by atoms with Crippen molar-refractivity contribution in [3.63, 3.8) is 0 Å². The van der Waals surface area contributed by atoms with Gasteiger partial charge in [-0.2, -0.15) is 0 Å². The highest BCUT2D eigenvalue weighted by Crippen LogP contribution is 2.47. The van der Waals surface area contributed by atoms with E-state index in [0.29, 0.717) is 17.0 Å². The molecule has 0 bridgehead atoms. The van der Waals surface area contributed by atoms with Crippen molar-refractivity contribution in [2.24, 2.45) is 0 Å². The smallest absolute Gasteiger partial charge is 0.270 e. The summed E-state index contributed by atoms with van der Waals surface area (Å²) < 4.78 is 5.24. The molecule has 4 atom stereocenters. The Bertz CT molecular complexity index is 1350. The molecule has 0 N–H and O–H groups in total. The number of benzene rings is 3. The summed E-state index contributed by atoms with van der Waals surface area (Å²) in [6.45, 7) is 0. The second-order valence-corrected chi connectivity index (χ2v) is 8.51. The molecule has 1 fully saturated rings. The van der Waals surface area contributed by atoms with Crippen LogP contribution in [-0.4, -0.2) is 40.9 Å². The predicted molar refractivity (Wildman–Crippen MR) is 129 cm³/mol. The van der Waals surface area contributed by atoms with Crippen LogP contribution in [0.2, 0.25) is 0 Å². The van der Waals surface area contributed by atoms with Gasteiger partial charge in [0.25, 0.3) is 5.69 Å². The summed E-state index contributed by atoms with van der Waals surface area (Å²) in [7, 11) is 1.53. The molecule has 1 saturated heterocycles. The number of non-ortho nitro benzene ring substituents is 1. The first-order chi connectivity index (χ1) is 16.9. The summed E-state index contributed by atoms with van der Waals surface area (Å²) in [5.41, 5.74) is 2.11. The third-order valence-corrected chi connectivity index (χ3v) is 6.72. The minimum atomic E-state index is -1.11. The normalized spacial score (nSPS) is 22.3. The van der Waals surface area contributed by atoms with E-state index in [4.69, 9.17) is 4.74 Å². The van der Waals surface area contributed by atoms with Crippen molar-refractivity contribution in [2.45, 2.75) is 24.0 Å². The summed E-state index contributed by atoms with van der Waals surface area (Å²) in [6.07, 6.45) is 3.62. The number of nitro groups is 2. The number of nitrogens with zero attached hydrogens (tertiary/aromatic N) is 3. The minimum Gasteiger partial charge on any atom is -0.497 e. The van der Waals surface area contributed by atoms with Crippen LogP contribution < -0.4 is 9.64 Å². The fraction of sp³-hybridized carbons (Fsp3) is 0.192. The molecular weight excluding hydrogens is 450 g/mol. The Hall–Kier alpha value is -4.53. The number of rotatable bonds is 6. The SMILES string of the molecule is COc1ccc([C@@H]2[C@H]([N+](=O)[O-])[C@@H]3C=Cc4ccccc4N3[C@@H]2C(=O)c2cccc([N+](=O)[O-])c2)cc1. The molecule has 0 aromatic heterocycles. The molecule has 5 rings (SSSR count). The fourth-order valence-electron chi connectivity index (χ4n) is 5.20. The molecule has 0 aliphatic carbocycles. The van der Waals surface area contributed by atoms with Crippen LogP contribution in [0.4, 0.5) is 11.4 Å². The average Bonchev–Trinajstić information content (AvgIpc) is 3.24. The molecule has 0 radical (unpaired) electrons. The second kappa shape index (κ2) is 8.68. The lowest BCUT2D eigenvalue weighted by Gasteiger charge is -2.34. The molecule has 176 valence electrons. The Kier molecular flexibility index (Phi) is 5.52. The molecule has 2 heterocycles. The van der Waals surface area contributed by atoms with E-state index in [1.165, 1.54) is 31.4 Å². The number of nitro benzene ring substituents is 1. The van der Waals surface area contributed by atoms with Crippen molar-refractivity contribution in [3.8, 4) is 5.75 Å². The van der Waals surface area contributed by atoms with E-state index in [1.807, 2.05) is 30.3 Å². The van der Waals surface area contributed by atoms with E-state index in [-0.39, 0.29) is 16.2 Å². The third kappa shape index (κ3) is 3.71. The maximum absolute atomic E-state index is 14.0. The number of hydrogen-bond acceptors (Lipinski definition) is 7. The highest BCUT2D eigenvalue weighted by atomic mass is 16.6. The standard InChI is InChI=1S/C26H21N3O6/c1-35-20-12-9-17(10-13-20)23-24(29(33)34)22-14-11-16-5-2-3-8-21(16)27(22)25(23)26(30)18-6-4-7-19(15-18)28(31)32/h2-15,22-25H,1H3/t22-,23+,24+,25-/m0/s1. The molecule has 9 heteroatoms. The van der Waals surface area contributed by atoms with Gasteiger partial charge in [0.1, 0.15) is 17.8 Å². The second-order valence-electron chi connectivity index (χ2n) is 8.51. The topological polar surface area (TPSA) is 116 Å². The van der Waals surface area contributed by atoms with E-state index in [0.717, 1.165) is 5.56 Å². The van der Waals surface area contributed by atoms with Crippen LogP contribution in [0.1, 0.15) is 27.4 Å². The number of carbonyl (C=O) groups excluding carboxylic acids is 1. The van der Waals surface area contributed by atoms with Crippen LogP contribution in [0.5, 0.6) is 5.75 Å². The first-order valence-electron chi connectivity index (χ1n) is 11.0. The Balaban J connectivity index is 1.70. The summed E-state index contributed by atoms with van der Waals surface area (Å²) >= 11 is 0. The van der Waals surface area contributed by atoms with Gasteiger partial charge in [-0.1, -0.05) is 54.6 Å². The molecule has 35 heavy (non-hydrogen) atoms. The number of ketones is 1. The minimum absolute atomic E-state index is 0.137. The zero-order valence-corrected chi connectivity index (χ0v) is 18.7. The largest absolute Gasteiger partial charge is 0.497 e. The summed E-state index contributed by atoms with van der Waals surface area (Å²) in [5.74, 6) is -0.619. The van der Waals surface area contributed by atoms with E-state index in [2.05, 4.69) is 0 Å². The van der Waals surface area contributed by atoms with Crippen molar-refractivity contribution >= 4 is 23.2 Å². The van der Waals surface area contributed by atoms with Gasteiger partial charge in [0, 0.05) is 28.3 Å². The van der Waals surface area contributed by atoms with E-state index < -0.39 is 34.7 Å². The van der Waals surface area contributed by atoms with Gasteiger partial charge in [-0.05, 0) is 29.3 Å². The van der Waals surface area contributed by atoms with Crippen molar-refractivity contribution < 1.29 is 19.4 Å². The fourth-order valence-corrected chi connectivity index (χ4v) is 5.20. The molecule has 0 saturated carbocycles. The average molecular weight is 471 g/mol. The number of hydrogen-bond donors (Lipinski definition) is 0. The lowest BCUT2D eigenvalue weighted by atomic mass is 9.83. The number of carbonyl (C=O) groups is 1. The molecule has 0 amide bonds. The van der Waals surface area contributed by atoms with Gasteiger partial charge in [-0.3, -0.25) is 25.0 Å². The predicted octanol–water partition coefficient (Wildman–Crippen LogP) is 4.50. The molecule has 9 nitrogen and oxygen atoms in total. The van der Waals surface area contributed by atoms with Crippen LogP contribution in [0.15, 0.2) is 78.9 Å². The molecule has 3 aromatic carbocycles. The zero-order chi connectivity index (χ0) is 24.7. The number of methoxy groups -OCH3 is 1. The van der Waals surface area contributed by atoms with Gasteiger partial charge in [0.05, 0.1) is 18.0 Å². The number of anilines is 1. The Labute approximate surface area is 200 Å². The molecule has 0 spiro atoms. The first-order valence-corrected chi connectivity index (χ1v) is 11.0. The highest BCUT2D eigenvalue weighted by molar-refractivity contribution is 6.04. The molecule has 2 aliphatic heterocycles. The first kappa shape index (κ1) is 22.3. The van der Waals surface area contributed by atoms with E-state index in [9.17, 15) is 25.0 Å². The Morgan fingerprint density at radius 1 is 0.971 bits per heavy atom. The van der Waals surface area contributed by atoms with Crippen LogP contribution in [-0.2, 0) is 0 Å². The highest BCUT2D eigenvalue weighted by Gasteiger charge is 2.59. The Morgan fingerprint density at radius 3 is 2.40 bits per heavy atom. The van der Waals surface area contributed by atoms with E-state index in [1.54, 1.807) is 35.2 Å². The van der Waals surface area contributed by atoms with Gasteiger partial charge in [0.15, 0.2) is 5.78 Å². The van der Waals surface area contributed by atoms with Crippen LogP contribution in [0, 0.1) is 20.2 Å². The maximum Gasteiger partial charge on any atom is 0.270 e. The number of fused-ring (bicyclic) bond motifs is 3. The quantitative estimate of drug-likeness (QED) is 0.295.